The van der Waals surface area contributed by atoms with Crippen molar-refractivity contribution >= 4 is 27.5 Å². The lowest BCUT2D eigenvalue weighted by molar-refractivity contribution is -0.126. The van der Waals surface area contributed by atoms with Gasteiger partial charge in [-0.25, -0.2) is 0 Å². The zero-order chi connectivity index (χ0) is 38.5. The number of benzene rings is 2. The molecule has 10 heteroatoms. The van der Waals surface area contributed by atoms with Gasteiger partial charge in [0.05, 0.1) is 17.7 Å². The van der Waals surface area contributed by atoms with Crippen molar-refractivity contribution in [3.05, 3.63) is 90.3 Å². The van der Waals surface area contributed by atoms with Crippen molar-refractivity contribution in [1.29, 1.82) is 0 Å². The SMILES string of the molecule is C=C(CCSSCC(C(=O)N[C@@H](Cc1ccc(-c2ccn[nH]2)cc1)C(=C)O)[C@@H](C)CC)C[C@@H]1CCN([C@@H]2CCCCC2CCCc2ccc(O)c(O)c2)C1. The summed E-state index contributed by atoms with van der Waals surface area (Å²) < 4.78 is 0. The molecule has 1 saturated heterocycles. The van der Waals surface area contributed by atoms with Gasteiger partial charge in [-0.2, -0.15) is 5.10 Å². The normalized spacial score (nSPS) is 20.7. The zero-order valence-corrected chi connectivity index (χ0v) is 34.0. The highest BCUT2D eigenvalue weighted by atomic mass is 33.1. The molecule has 294 valence electrons. The quantitative estimate of drug-likeness (QED) is 0.0239. The minimum Gasteiger partial charge on any atom is -0.511 e. The van der Waals surface area contributed by atoms with Crippen LogP contribution in [0.25, 0.3) is 11.3 Å². The van der Waals surface area contributed by atoms with E-state index >= 15 is 0 Å². The lowest BCUT2D eigenvalue weighted by Crippen LogP contribution is -2.43. The summed E-state index contributed by atoms with van der Waals surface area (Å²) in [5, 5.41) is 40.0. The second-order valence-corrected chi connectivity index (χ2v) is 18.3. The van der Waals surface area contributed by atoms with Crippen molar-refractivity contribution in [2.45, 2.75) is 103 Å². The van der Waals surface area contributed by atoms with Crippen LogP contribution in [-0.4, -0.2) is 73.0 Å². The van der Waals surface area contributed by atoms with Gasteiger partial charge in [0.15, 0.2) is 11.5 Å². The van der Waals surface area contributed by atoms with E-state index in [1.54, 1.807) is 29.1 Å². The van der Waals surface area contributed by atoms with Crippen LogP contribution < -0.4 is 5.32 Å². The third-order valence-corrected chi connectivity index (χ3v) is 14.2. The number of hydrogen-bond donors (Lipinski definition) is 5. The number of nitrogens with zero attached hydrogens (tertiary/aromatic N) is 2. The lowest BCUT2D eigenvalue weighted by atomic mass is 9.80. The summed E-state index contributed by atoms with van der Waals surface area (Å²) in [6, 6.07) is 15.3. The average molecular weight is 775 g/mol. The number of hydrogen-bond acceptors (Lipinski definition) is 8. The Bertz CT molecular complexity index is 1630. The van der Waals surface area contributed by atoms with Gasteiger partial charge in [-0.05, 0) is 117 Å². The molecule has 8 nitrogen and oxygen atoms in total. The van der Waals surface area contributed by atoms with Crippen LogP contribution in [0.2, 0.25) is 0 Å². The molecule has 5 N–H and O–H groups in total. The third kappa shape index (κ3) is 12.3. The number of likely N-dealkylation sites (tertiary alicyclic amines) is 1. The lowest BCUT2D eigenvalue weighted by Gasteiger charge is -2.38. The first kappa shape index (κ1) is 41.8. The van der Waals surface area contributed by atoms with Crippen molar-refractivity contribution in [2.75, 3.05) is 24.6 Å². The summed E-state index contributed by atoms with van der Waals surface area (Å²) in [6.07, 6.45) is 15.0. The maximum absolute atomic E-state index is 13.6. The number of aromatic hydroxyl groups is 2. The number of amides is 1. The van der Waals surface area contributed by atoms with Gasteiger partial charge >= 0.3 is 0 Å². The van der Waals surface area contributed by atoms with Gasteiger partial charge in [0.1, 0.15) is 5.76 Å². The van der Waals surface area contributed by atoms with Crippen LogP contribution in [-0.2, 0) is 17.6 Å². The molecule has 0 spiro atoms. The number of aliphatic hydroxyl groups is 1. The van der Waals surface area contributed by atoms with Crippen LogP contribution in [0.3, 0.4) is 0 Å². The number of aryl methyl sites for hydroxylation is 1. The predicted molar refractivity (Wildman–Crippen MR) is 226 cm³/mol. The first-order valence-corrected chi connectivity index (χ1v) is 22.5. The highest BCUT2D eigenvalue weighted by molar-refractivity contribution is 8.76. The van der Waals surface area contributed by atoms with Crippen LogP contribution >= 0.6 is 21.6 Å². The average Bonchev–Trinajstić information content (AvgIpc) is 3.88. The summed E-state index contributed by atoms with van der Waals surface area (Å²) in [4.78, 5) is 16.4. The van der Waals surface area contributed by atoms with Crippen LogP contribution in [0.5, 0.6) is 11.5 Å². The number of nitrogens with one attached hydrogen (secondary N) is 2. The number of carbonyl (C=O) groups excluding carboxylic acids is 1. The summed E-state index contributed by atoms with van der Waals surface area (Å²) in [5.74, 6) is 3.05. The molecular weight excluding hydrogens is 713 g/mol. The van der Waals surface area contributed by atoms with Crippen molar-refractivity contribution in [1.82, 2.24) is 20.4 Å². The maximum atomic E-state index is 13.6. The monoisotopic (exact) mass is 774 g/mol. The number of phenolic OH excluding ortho intramolecular Hbond substituents is 2. The molecule has 1 aliphatic heterocycles. The van der Waals surface area contributed by atoms with Gasteiger partial charge in [-0.1, -0.05) is 104 Å². The molecule has 1 saturated carbocycles. The fourth-order valence-electron chi connectivity index (χ4n) is 8.29. The molecule has 0 bridgehead atoms. The smallest absolute Gasteiger partial charge is 0.224 e. The minimum absolute atomic E-state index is 0.0261. The van der Waals surface area contributed by atoms with E-state index in [9.17, 15) is 20.1 Å². The van der Waals surface area contributed by atoms with E-state index in [0.717, 1.165) is 71.9 Å². The molecule has 2 heterocycles. The van der Waals surface area contributed by atoms with E-state index < -0.39 is 6.04 Å². The Labute approximate surface area is 331 Å². The van der Waals surface area contributed by atoms with Crippen molar-refractivity contribution < 1.29 is 20.1 Å². The van der Waals surface area contributed by atoms with E-state index in [-0.39, 0.29) is 35.0 Å². The Hall–Kier alpha value is -3.34. The van der Waals surface area contributed by atoms with Gasteiger partial charge in [0, 0.05) is 30.3 Å². The molecule has 3 aromatic rings. The first-order chi connectivity index (χ1) is 26.1. The fraction of sp³-hybridized carbons (Fsp3) is 0.545. The van der Waals surface area contributed by atoms with Crippen LogP contribution in [0, 0.1) is 23.7 Å². The number of H-pyrrole nitrogens is 1. The molecule has 1 aliphatic carbocycles. The topological polar surface area (TPSA) is 122 Å². The summed E-state index contributed by atoms with van der Waals surface area (Å²) in [6.45, 7) is 14.9. The summed E-state index contributed by atoms with van der Waals surface area (Å²) in [5.41, 5.74) is 5.41. The molecule has 0 radical (unpaired) electrons. The highest BCUT2D eigenvalue weighted by Gasteiger charge is 2.34. The first-order valence-electron chi connectivity index (χ1n) is 20.0. The van der Waals surface area contributed by atoms with E-state index in [2.05, 4.69) is 47.4 Å². The molecule has 2 aromatic carbocycles. The van der Waals surface area contributed by atoms with Gasteiger partial charge in [0.2, 0.25) is 5.91 Å². The second kappa shape index (κ2) is 21.1. The number of phenols is 2. The Kier molecular flexibility index (Phi) is 16.3. The molecule has 2 aliphatic rings. The molecule has 1 amide bonds. The van der Waals surface area contributed by atoms with E-state index in [1.165, 1.54) is 57.2 Å². The van der Waals surface area contributed by atoms with Gasteiger partial charge in [0.25, 0.3) is 0 Å². The molecule has 1 aromatic heterocycles. The molecule has 5 rings (SSSR count). The van der Waals surface area contributed by atoms with E-state index in [1.807, 2.05) is 47.2 Å². The van der Waals surface area contributed by atoms with Crippen LogP contribution in [0.4, 0.5) is 0 Å². The largest absolute Gasteiger partial charge is 0.511 e. The van der Waals surface area contributed by atoms with Crippen LogP contribution in [0.15, 0.2) is 79.2 Å². The Morgan fingerprint density at radius 3 is 2.54 bits per heavy atom. The van der Waals surface area contributed by atoms with Crippen molar-refractivity contribution in [3.8, 4) is 22.8 Å². The van der Waals surface area contributed by atoms with Crippen LogP contribution in [0.1, 0.15) is 89.2 Å². The summed E-state index contributed by atoms with van der Waals surface area (Å²) >= 11 is 0. The standard InChI is InChI=1S/C44H62N4O4S2/c1-5-31(3)38(44(52)46-40(32(4)49)26-34-13-16-36(17-14-34)39-19-22-45-47-39)29-54-53-24-21-30(2)25-35-20-23-48(28-35)41-12-7-6-10-37(41)11-8-9-33-15-18-42(50)43(51)27-33/h13-19,22,27,31,35,37-38,40-41,49-51H,2,4-12,20-21,23-26,28-29H2,1,3H3,(H,45,47)(H,46,52)/t31-,35-,37?,38?,40-,41+/m0/s1. The van der Waals surface area contributed by atoms with E-state index in [0.29, 0.717) is 18.4 Å². The molecule has 6 atom stereocenters. The molecule has 54 heavy (non-hydrogen) atoms. The Balaban J connectivity index is 1.01. The van der Waals surface area contributed by atoms with Gasteiger partial charge in [-0.15, -0.1) is 0 Å². The number of aromatic amines is 1. The number of aliphatic hydroxyl groups excluding tert-OH is 1. The predicted octanol–water partition coefficient (Wildman–Crippen LogP) is 9.87. The van der Waals surface area contributed by atoms with Gasteiger partial charge in [-0.3, -0.25) is 14.8 Å². The van der Waals surface area contributed by atoms with Crippen molar-refractivity contribution in [2.24, 2.45) is 23.7 Å². The highest BCUT2D eigenvalue weighted by Crippen LogP contribution is 2.37. The van der Waals surface area contributed by atoms with Gasteiger partial charge < -0.3 is 20.6 Å². The summed E-state index contributed by atoms with van der Waals surface area (Å²) in [7, 11) is 3.61. The minimum atomic E-state index is -0.550. The Morgan fingerprint density at radius 1 is 1.04 bits per heavy atom. The zero-order valence-electron chi connectivity index (χ0n) is 32.3. The number of rotatable bonds is 21. The molecule has 2 unspecified atom stereocenters. The molecule has 2 fully saturated rings. The Morgan fingerprint density at radius 2 is 1.81 bits per heavy atom. The number of carbonyl (C=O) groups is 1. The second-order valence-electron chi connectivity index (χ2n) is 15.7. The fourth-order valence-corrected chi connectivity index (χ4v) is 10.8. The molecular formula is C44H62N4O4S2. The number of aromatic nitrogens is 2. The van der Waals surface area contributed by atoms with E-state index in [4.69, 9.17) is 0 Å². The number of allylic oxidation sites excluding steroid dienone is 1. The van der Waals surface area contributed by atoms with Crippen molar-refractivity contribution in [3.63, 3.8) is 0 Å². The third-order valence-electron chi connectivity index (χ3n) is 11.8. The maximum Gasteiger partial charge on any atom is 0.224 e.